The first-order chi connectivity index (χ1) is 7.15. The highest BCUT2D eigenvalue weighted by molar-refractivity contribution is 9.10. The number of carboxylic acid groups (broad SMARTS) is 1. The Morgan fingerprint density at radius 1 is 1.60 bits per heavy atom. The molecule has 0 bridgehead atoms. The van der Waals surface area contributed by atoms with Crippen molar-refractivity contribution < 1.29 is 9.90 Å². The van der Waals surface area contributed by atoms with Gasteiger partial charge in [-0.1, -0.05) is 0 Å². The summed E-state index contributed by atoms with van der Waals surface area (Å²) in [6.07, 6.45) is 3.98. The van der Waals surface area contributed by atoms with Crippen molar-refractivity contribution >= 4 is 27.5 Å². The van der Waals surface area contributed by atoms with E-state index in [4.69, 9.17) is 5.11 Å². The largest absolute Gasteiger partial charge is 0.481 e. The Morgan fingerprint density at radius 3 is 3.13 bits per heavy atom. The molecule has 0 saturated heterocycles. The smallest absolute Gasteiger partial charge is 0.303 e. The number of aromatic nitrogens is 3. The third-order valence-electron chi connectivity index (χ3n) is 1.93. The molecule has 0 amide bonds. The number of aliphatic carboxylic acids is 1. The molecule has 0 aromatic carbocycles. The summed E-state index contributed by atoms with van der Waals surface area (Å²) in [4.78, 5) is 14.5. The fourth-order valence-electron chi connectivity index (χ4n) is 1.26. The minimum Gasteiger partial charge on any atom is -0.481 e. The van der Waals surface area contributed by atoms with Crippen LogP contribution in [0.5, 0.6) is 0 Å². The van der Waals surface area contributed by atoms with E-state index in [9.17, 15) is 4.79 Å². The summed E-state index contributed by atoms with van der Waals surface area (Å²) in [6.45, 7) is 0. The summed E-state index contributed by atoms with van der Waals surface area (Å²) in [5.41, 5.74) is 1.46. The van der Waals surface area contributed by atoms with Crippen molar-refractivity contribution in [2.75, 3.05) is 0 Å². The molecule has 2 aromatic heterocycles. The molecular weight excluding hydrogens is 262 g/mol. The maximum atomic E-state index is 10.4. The lowest BCUT2D eigenvalue weighted by Crippen LogP contribution is -1.98. The predicted molar refractivity (Wildman–Crippen MR) is 56.6 cm³/mol. The van der Waals surface area contributed by atoms with Gasteiger partial charge in [-0.3, -0.25) is 4.79 Å². The molecule has 1 N–H and O–H groups in total. The van der Waals surface area contributed by atoms with Crippen molar-refractivity contribution in [1.82, 2.24) is 14.6 Å². The van der Waals surface area contributed by atoms with Crippen LogP contribution in [0.15, 0.2) is 22.9 Å². The van der Waals surface area contributed by atoms with Crippen molar-refractivity contribution in [3.8, 4) is 0 Å². The number of rotatable bonds is 3. The summed E-state index contributed by atoms with van der Waals surface area (Å²) in [5, 5.41) is 12.7. The third kappa shape index (κ3) is 2.33. The normalized spacial score (nSPS) is 10.7. The van der Waals surface area contributed by atoms with E-state index in [1.807, 2.05) is 0 Å². The summed E-state index contributed by atoms with van der Waals surface area (Å²) in [5.74, 6) is -0.818. The standard InChI is InChI=1S/C9H8BrN3O2/c10-6-4-11-8-3-7(1-2-9(14)15)12-13(8)5-6/h3-5H,1-2H2,(H,14,15). The highest BCUT2D eigenvalue weighted by Crippen LogP contribution is 2.10. The van der Waals surface area contributed by atoms with Crippen LogP contribution in [-0.4, -0.2) is 25.7 Å². The van der Waals surface area contributed by atoms with E-state index in [2.05, 4.69) is 26.0 Å². The van der Waals surface area contributed by atoms with Gasteiger partial charge in [0.15, 0.2) is 5.65 Å². The Balaban J connectivity index is 2.27. The first kappa shape index (κ1) is 10.1. The Kier molecular flexibility index (Phi) is 2.68. The van der Waals surface area contributed by atoms with Crippen molar-refractivity contribution in [2.24, 2.45) is 0 Å². The van der Waals surface area contributed by atoms with Crippen LogP contribution in [0.1, 0.15) is 12.1 Å². The monoisotopic (exact) mass is 269 g/mol. The van der Waals surface area contributed by atoms with Gasteiger partial charge in [0.1, 0.15) is 0 Å². The first-order valence-electron chi connectivity index (χ1n) is 4.37. The van der Waals surface area contributed by atoms with E-state index in [1.54, 1.807) is 23.0 Å². The molecule has 0 atom stereocenters. The molecule has 6 heteroatoms. The maximum absolute atomic E-state index is 10.4. The highest BCUT2D eigenvalue weighted by atomic mass is 79.9. The predicted octanol–water partition coefficient (Wildman–Crippen LogP) is 1.51. The van der Waals surface area contributed by atoms with Gasteiger partial charge in [0, 0.05) is 24.9 Å². The number of nitrogens with zero attached hydrogens (tertiary/aromatic N) is 3. The Hall–Kier alpha value is -1.43. The SMILES string of the molecule is O=C(O)CCc1cc2ncc(Br)cn2n1. The molecule has 0 aliphatic rings. The molecule has 0 saturated carbocycles. The van der Waals surface area contributed by atoms with E-state index in [0.29, 0.717) is 6.42 Å². The lowest BCUT2D eigenvalue weighted by atomic mass is 10.2. The number of hydrogen-bond donors (Lipinski definition) is 1. The van der Waals surface area contributed by atoms with Crippen molar-refractivity contribution in [1.29, 1.82) is 0 Å². The van der Waals surface area contributed by atoms with Gasteiger partial charge in [-0.2, -0.15) is 5.10 Å². The molecule has 0 spiro atoms. The van der Waals surface area contributed by atoms with E-state index in [0.717, 1.165) is 15.8 Å². The Morgan fingerprint density at radius 2 is 2.40 bits per heavy atom. The van der Waals surface area contributed by atoms with Crippen LogP contribution in [0.25, 0.3) is 5.65 Å². The van der Waals surface area contributed by atoms with Crippen LogP contribution in [0, 0.1) is 0 Å². The van der Waals surface area contributed by atoms with E-state index in [1.165, 1.54) is 0 Å². The Bertz CT molecular complexity index is 509. The highest BCUT2D eigenvalue weighted by Gasteiger charge is 2.05. The number of carbonyl (C=O) groups is 1. The van der Waals surface area contributed by atoms with E-state index in [-0.39, 0.29) is 6.42 Å². The number of hydrogen-bond acceptors (Lipinski definition) is 3. The molecule has 2 aromatic rings. The molecule has 2 rings (SSSR count). The van der Waals surface area contributed by atoms with Gasteiger partial charge in [0.25, 0.3) is 0 Å². The van der Waals surface area contributed by atoms with Gasteiger partial charge in [-0.05, 0) is 15.9 Å². The second-order valence-electron chi connectivity index (χ2n) is 3.10. The summed E-state index contributed by atoms with van der Waals surface area (Å²) in [6, 6.07) is 1.79. The molecule has 0 fully saturated rings. The number of carboxylic acids is 1. The van der Waals surface area contributed by atoms with Crippen molar-refractivity contribution in [3.63, 3.8) is 0 Å². The van der Waals surface area contributed by atoms with Crippen LogP contribution >= 0.6 is 15.9 Å². The lowest BCUT2D eigenvalue weighted by molar-refractivity contribution is -0.136. The maximum Gasteiger partial charge on any atom is 0.303 e. The Labute approximate surface area is 93.9 Å². The van der Waals surface area contributed by atoms with Gasteiger partial charge in [-0.25, -0.2) is 9.50 Å². The number of fused-ring (bicyclic) bond motifs is 1. The average molecular weight is 270 g/mol. The van der Waals surface area contributed by atoms with Gasteiger partial charge >= 0.3 is 5.97 Å². The van der Waals surface area contributed by atoms with Crippen LogP contribution in [0.3, 0.4) is 0 Å². The minimum atomic E-state index is -0.818. The quantitative estimate of drug-likeness (QED) is 0.917. The van der Waals surface area contributed by atoms with Gasteiger partial charge < -0.3 is 5.11 Å². The number of aryl methyl sites for hydroxylation is 1. The van der Waals surface area contributed by atoms with Crippen molar-refractivity contribution in [3.05, 3.63) is 28.6 Å². The third-order valence-corrected chi connectivity index (χ3v) is 2.34. The number of halogens is 1. The lowest BCUT2D eigenvalue weighted by Gasteiger charge is -1.91. The second-order valence-corrected chi connectivity index (χ2v) is 4.02. The van der Waals surface area contributed by atoms with Crippen LogP contribution < -0.4 is 0 Å². The summed E-state index contributed by atoms with van der Waals surface area (Å²) < 4.78 is 2.46. The molecule has 0 radical (unpaired) electrons. The topological polar surface area (TPSA) is 67.5 Å². The molecule has 0 aliphatic carbocycles. The second kappa shape index (κ2) is 3.98. The fraction of sp³-hybridized carbons (Fsp3) is 0.222. The van der Waals surface area contributed by atoms with Crippen molar-refractivity contribution in [2.45, 2.75) is 12.8 Å². The van der Waals surface area contributed by atoms with Gasteiger partial charge in [0.05, 0.1) is 16.6 Å². The zero-order chi connectivity index (χ0) is 10.8. The van der Waals surface area contributed by atoms with Crippen LogP contribution in [0.2, 0.25) is 0 Å². The molecule has 0 aliphatic heterocycles. The van der Waals surface area contributed by atoms with E-state index >= 15 is 0 Å². The summed E-state index contributed by atoms with van der Waals surface area (Å²) in [7, 11) is 0. The van der Waals surface area contributed by atoms with Crippen LogP contribution in [-0.2, 0) is 11.2 Å². The first-order valence-corrected chi connectivity index (χ1v) is 5.16. The average Bonchev–Trinajstić information content (AvgIpc) is 2.56. The van der Waals surface area contributed by atoms with Crippen LogP contribution in [0.4, 0.5) is 0 Å². The van der Waals surface area contributed by atoms with E-state index < -0.39 is 5.97 Å². The molecule has 5 nitrogen and oxygen atoms in total. The molecule has 0 unspecified atom stereocenters. The molecule has 15 heavy (non-hydrogen) atoms. The summed E-state index contributed by atoms with van der Waals surface area (Å²) >= 11 is 3.29. The minimum absolute atomic E-state index is 0.0883. The zero-order valence-corrected chi connectivity index (χ0v) is 9.31. The fourth-order valence-corrected chi connectivity index (χ4v) is 1.56. The molecule has 78 valence electrons. The molecule has 2 heterocycles. The molecular formula is C9H8BrN3O2. The zero-order valence-electron chi connectivity index (χ0n) is 7.72. The van der Waals surface area contributed by atoms with Gasteiger partial charge in [0.2, 0.25) is 0 Å². The van der Waals surface area contributed by atoms with Gasteiger partial charge in [-0.15, -0.1) is 0 Å².